The molecule has 0 aromatic rings. The van der Waals surface area contributed by atoms with Crippen LogP contribution in [0.15, 0.2) is 11.6 Å². The lowest BCUT2D eigenvalue weighted by atomic mass is 9.90. The predicted octanol–water partition coefficient (Wildman–Crippen LogP) is 2.70. The summed E-state index contributed by atoms with van der Waals surface area (Å²) in [6, 6.07) is 0. The SMILES string of the molecule is COC(=O)C(C)=CCOCC1CCCCC1. The Morgan fingerprint density at radius 2 is 2.00 bits per heavy atom. The van der Waals surface area contributed by atoms with Crippen LogP contribution in [0, 0.1) is 5.92 Å². The molecule has 0 atom stereocenters. The van der Waals surface area contributed by atoms with Crippen molar-refractivity contribution in [2.75, 3.05) is 20.3 Å². The molecule has 0 aromatic carbocycles. The number of esters is 1. The van der Waals surface area contributed by atoms with Crippen molar-refractivity contribution in [3.05, 3.63) is 11.6 Å². The largest absolute Gasteiger partial charge is 0.466 e. The van der Waals surface area contributed by atoms with Crippen LogP contribution < -0.4 is 0 Å². The third-order valence-corrected chi connectivity index (χ3v) is 3.09. The first-order chi connectivity index (χ1) is 7.74. The second-order valence-electron chi connectivity index (χ2n) is 4.42. The summed E-state index contributed by atoms with van der Waals surface area (Å²) in [5, 5.41) is 0. The van der Waals surface area contributed by atoms with E-state index in [2.05, 4.69) is 4.74 Å². The summed E-state index contributed by atoms with van der Waals surface area (Å²) >= 11 is 0. The van der Waals surface area contributed by atoms with Gasteiger partial charge in [-0.2, -0.15) is 0 Å². The summed E-state index contributed by atoms with van der Waals surface area (Å²) in [5.74, 6) is 0.446. The Hall–Kier alpha value is -0.830. The van der Waals surface area contributed by atoms with Gasteiger partial charge in [0, 0.05) is 12.2 Å². The average Bonchev–Trinajstić information content (AvgIpc) is 2.34. The summed E-state index contributed by atoms with van der Waals surface area (Å²) in [4.78, 5) is 11.1. The van der Waals surface area contributed by atoms with Crippen LogP contribution in [0.4, 0.5) is 0 Å². The highest BCUT2D eigenvalue weighted by Gasteiger charge is 2.12. The van der Waals surface area contributed by atoms with Crippen LogP contribution in [0.1, 0.15) is 39.0 Å². The Morgan fingerprint density at radius 1 is 1.31 bits per heavy atom. The lowest BCUT2D eigenvalue weighted by Crippen LogP contribution is -2.13. The van der Waals surface area contributed by atoms with Gasteiger partial charge >= 0.3 is 5.97 Å². The average molecular weight is 226 g/mol. The Bertz CT molecular complexity index is 240. The van der Waals surface area contributed by atoms with Crippen molar-refractivity contribution in [2.24, 2.45) is 5.92 Å². The maximum absolute atomic E-state index is 11.1. The summed E-state index contributed by atoms with van der Waals surface area (Å²) in [6.07, 6.45) is 8.42. The van der Waals surface area contributed by atoms with Gasteiger partial charge in [0.25, 0.3) is 0 Å². The van der Waals surface area contributed by atoms with Crippen molar-refractivity contribution in [2.45, 2.75) is 39.0 Å². The van der Waals surface area contributed by atoms with Crippen molar-refractivity contribution in [3.63, 3.8) is 0 Å². The smallest absolute Gasteiger partial charge is 0.333 e. The molecule has 0 spiro atoms. The van der Waals surface area contributed by atoms with E-state index in [4.69, 9.17) is 4.74 Å². The topological polar surface area (TPSA) is 35.5 Å². The highest BCUT2D eigenvalue weighted by atomic mass is 16.5. The Balaban J connectivity index is 2.12. The van der Waals surface area contributed by atoms with Gasteiger partial charge in [-0.1, -0.05) is 19.3 Å². The molecule has 1 aliphatic carbocycles. The van der Waals surface area contributed by atoms with Crippen LogP contribution in [0.3, 0.4) is 0 Å². The number of carbonyl (C=O) groups is 1. The van der Waals surface area contributed by atoms with E-state index in [1.54, 1.807) is 13.0 Å². The lowest BCUT2D eigenvalue weighted by Gasteiger charge is -2.20. The number of carbonyl (C=O) groups excluding carboxylic acids is 1. The Labute approximate surface area is 97.8 Å². The summed E-state index contributed by atoms with van der Waals surface area (Å²) in [6.45, 7) is 3.08. The third kappa shape index (κ3) is 4.79. The highest BCUT2D eigenvalue weighted by Crippen LogP contribution is 2.23. The zero-order valence-electron chi connectivity index (χ0n) is 10.3. The zero-order valence-corrected chi connectivity index (χ0v) is 10.3. The first kappa shape index (κ1) is 13.2. The van der Waals surface area contributed by atoms with Gasteiger partial charge < -0.3 is 9.47 Å². The van der Waals surface area contributed by atoms with E-state index in [1.165, 1.54) is 39.2 Å². The highest BCUT2D eigenvalue weighted by molar-refractivity contribution is 5.87. The van der Waals surface area contributed by atoms with Gasteiger partial charge in [0.2, 0.25) is 0 Å². The van der Waals surface area contributed by atoms with Crippen LogP contribution in [-0.2, 0) is 14.3 Å². The quantitative estimate of drug-likeness (QED) is 0.411. The molecule has 0 bridgehead atoms. The summed E-state index contributed by atoms with van der Waals surface area (Å²) in [7, 11) is 1.39. The number of methoxy groups -OCH3 is 1. The van der Waals surface area contributed by atoms with E-state index in [0.29, 0.717) is 12.2 Å². The minimum atomic E-state index is -0.277. The third-order valence-electron chi connectivity index (χ3n) is 3.09. The molecule has 0 aliphatic heterocycles. The maximum Gasteiger partial charge on any atom is 0.333 e. The van der Waals surface area contributed by atoms with Gasteiger partial charge in [0.1, 0.15) is 0 Å². The molecule has 0 amide bonds. The molecule has 3 heteroatoms. The number of hydrogen-bond acceptors (Lipinski definition) is 3. The second-order valence-corrected chi connectivity index (χ2v) is 4.42. The summed E-state index contributed by atoms with van der Waals surface area (Å²) in [5.41, 5.74) is 0.617. The molecule has 1 aliphatic rings. The number of ether oxygens (including phenoxy) is 2. The molecule has 1 rings (SSSR count). The summed E-state index contributed by atoms with van der Waals surface area (Å²) < 4.78 is 10.2. The normalized spacial score (nSPS) is 18.5. The molecule has 0 unspecified atom stereocenters. The van der Waals surface area contributed by atoms with Crippen LogP contribution >= 0.6 is 0 Å². The minimum Gasteiger partial charge on any atom is -0.466 e. The van der Waals surface area contributed by atoms with E-state index < -0.39 is 0 Å². The monoisotopic (exact) mass is 226 g/mol. The zero-order chi connectivity index (χ0) is 11.8. The van der Waals surface area contributed by atoms with Crippen LogP contribution in [0.2, 0.25) is 0 Å². The minimum absolute atomic E-state index is 0.277. The molecule has 0 saturated heterocycles. The van der Waals surface area contributed by atoms with Gasteiger partial charge in [-0.3, -0.25) is 0 Å². The molecule has 1 saturated carbocycles. The van der Waals surface area contributed by atoms with Gasteiger partial charge in [0.05, 0.1) is 13.7 Å². The lowest BCUT2D eigenvalue weighted by molar-refractivity contribution is -0.136. The molecule has 92 valence electrons. The molecule has 0 radical (unpaired) electrons. The molecule has 0 heterocycles. The second kappa shape index (κ2) is 7.44. The van der Waals surface area contributed by atoms with Crippen molar-refractivity contribution in [1.82, 2.24) is 0 Å². The first-order valence-corrected chi connectivity index (χ1v) is 6.07. The predicted molar refractivity (Wildman–Crippen MR) is 63.2 cm³/mol. The van der Waals surface area contributed by atoms with E-state index in [1.807, 2.05) is 0 Å². The van der Waals surface area contributed by atoms with Crippen LogP contribution in [-0.4, -0.2) is 26.3 Å². The fraction of sp³-hybridized carbons (Fsp3) is 0.769. The molecule has 0 N–H and O–H groups in total. The molecular formula is C13H22O3. The molecule has 16 heavy (non-hydrogen) atoms. The van der Waals surface area contributed by atoms with E-state index in [-0.39, 0.29) is 5.97 Å². The molecule has 1 fully saturated rings. The van der Waals surface area contributed by atoms with Crippen LogP contribution in [0.5, 0.6) is 0 Å². The van der Waals surface area contributed by atoms with Gasteiger partial charge in [0.15, 0.2) is 0 Å². The fourth-order valence-corrected chi connectivity index (χ4v) is 2.02. The first-order valence-electron chi connectivity index (χ1n) is 6.07. The standard InChI is InChI=1S/C13H22O3/c1-11(13(14)15-2)8-9-16-10-12-6-4-3-5-7-12/h8,12H,3-7,9-10H2,1-2H3. The maximum atomic E-state index is 11.1. The van der Waals surface area contributed by atoms with E-state index in [0.717, 1.165) is 12.5 Å². The van der Waals surface area contributed by atoms with Gasteiger partial charge in [-0.05, 0) is 31.8 Å². The van der Waals surface area contributed by atoms with E-state index in [9.17, 15) is 4.79 Å². The number of hydrogen-bond donors (Lipinski definition) is 0. The molecule has 0 aromatic heterocycles. The van der Waals surface area contributed by atoms with Crippen LogP contribution in [0.25, 0.3) is 0 Å². The number of rotatable bonds is 5. The Morgan fingerprint density at radius 3 is 2.62 bits per heavy atom. The van der Waals surface area contributed by atoms with Crippen molar-refractivity contribution >= 4 is 5.97 Å². The van der Waals surface area contributed by atoms with Gasteiger partial charge in [-0.25, -0.2) is 4.79 Å². The van der Waals surface area contributed by atoms with Crippen molar-refractivity contribution in [3.8, 4) is 0 Å². The Kier molecular flexibility index (Phi) is 6.16. The molecule has 3 nitrogen and oxygen atoms in total. The molecular weight excluding hydrogens is 204 g/mol. The fourth-order valence-electron chi connectivity index (χ4n) is 2.02. The van der Waals surface area contributed by atoms with Crippen molar-refractivity contribution in [1.29, 1.82) is 0 Å². The van der Waals surface area contributed by atoms with Gasteiger partial charge in [-0.15, -0.1) is 0 Å². The van der Waals surface area contributed by atoms with Crippen molar-refractivity contribution < 1.29 is 14.3 Å². The van der Waals surface area contributed by atoms with E-state index >= 15 is 0 Å².